The zero-order valence-corrected chi connectivity index (χ0v) is 24.6. The molecule has 1 heterocycles. The molecule has 5 nitrogen and oxygen atoms in total. The normalized spacial score (nSPS) is 23.6. The number of ether oxygens (including phenoxy) is 4. The number of rotatable bonds is 13. The van der Waals surface area contributed by atoms with Crippen molar-refractivity contribution in [3.05, 3.63) is 89.5 Å². The summed E-state index contributed by atoms with van der Waals surface area (Å²) in [7, 11) is 0. The molecule has 2 aromatic rings. The van der Waals surface area contributed by atoms with Crippen LogP contribution < -0.4 is 4.74 Å². The SMILES string of the molecule is C=CCC/C=C/CCC1COC(c2ccc(C(O)OC3CCC(C(F)(F)Oc4cc(F)c(C(F)(F)F)c(F)c4)CC3)cc2)OC1. The molecular weight excluding hydrogens is 609 g/mol. The first-order valence-electron chi connectivity index (χ1n) is 14.9. The molecule has 1 aliphatic heterocycles. The lowest BCUT2D eigenvalue weighted by atomic mass is 9.86. The fraction of sp³-hybridized carbons (Fsp3) is 0.515. The summed E-state index contributed by atoms with van der Waals surface area (Å²) < 4.78 is 117. The van der Waals surface area contributed by atoms with Crippen molar-refractivity contribution in [2.24, 2.45) is 11.8 Å². The van der Waals surface area contributed by atoms with Crippen molar-refractivity contribution >= 4 is 0 Å². The van der Waals surface area contributed by atoms with E-state index >= 15 is 0 Å². The quantitative estimate of drug-likeness (QED) is 0.102. The maximum atomic E-state index is 14.8. The number of alkyl halides is 5. The summed E-state index contributed by atoms with van der Waals surface area (Å²) in [6.45, 7) is 4.85. The van der Waals surface area contributed by atoms with Crippen molar-refractivity contribution < 1.29 is 54.8 Å². The van der Waals surface area contributed by atoms with Crippen molar-refractivity contribution in [3.63, 3.8) is 0 Å². The van der Waals surface area contributed by atoms with Gasteiger partial charge in [-0.15, -0.1) is 6.58 Å². The van der Waals surface area contributed by atoms with Crippen LogP contribution in [-0.4, -0.2) is 30.5 Å². The third kappa shape index (κ3) is 9.78. The molecule has 0 radical (unpaired) electrons. The molecule has 0 aromatic heterocycles. The van der Waals surface area contributed by atoms with Gasteiger partial charge in [0.05, 0.1) is 25.2 Å². The number of allylic oxidation sites excluding steroid dienone is 3. The largest absolute Gasteiger partial charge is 0.432 e. The van der Waals surface area contributed by atoms with Gasteiger partial charge >= 0.3 is 12.3 Å². The van der Waals surface area contributed by atoms with Crippen molar-refractivity contribution in [1.29, 1.82) is 0 Å². The van der Waals surface area contributed by atoms with E-state index in [1.165, 1.54) is 0 Å². The molecular formula is C33H37F7O5. The van der Waals surface area contributed by atoms with Crippen molar-refractivity contribution in [1.82, 2.24) is 0 Å². The summed E-state index contributed by atoms with van der Waals surface area (Å²) in [5.41, 5.74) is -0.940. The average molecular weight is 647 g/mol. The number of hydrogen-bond donors (Lipinski definition) is 1. The smallest absolute Gasteiger partial charge is 0.422 e. The average Bonchev–Trinajstić information content (AvgIpc) is 2.98. The first kappa shape index (κ1) is 34.9. The van der Waals surface area contributed by atoms with E-state index in [1.54, 1.807) is 24.3 Å². The van der Waals surface area contributed by atoms with E-state index in [2.05, 4.69) is 23.5 Å². The number of hydrogen-bond acceptors (Lipinski definition) is 5. The molecule has 1 unspecified atom stereocenters. The maximum Gasteiger partial charge on any atom is 0.422 e. The highest BCUT2D eigenvalue weighted by atomic mass is 19.4. The first-order chi connectivity index (χ1) is 21.4. The van der Waals surface area contributed by atoms with Gasteiger partial charge in [-0.2, -0.15) is 22.0 Å². The van der Waals surface area contributed by atoms with Crippen LogP contribution in [0, 0.1) is 23.5 Å². The molecule has 45 heavy (non-hydrogen) atoms. The van der Waals surface area contributed by atoms with Crippen LogP contribution in [0.25, 0.3) is 0 Å². The summed E-state index contributed by atoms with van der Waals surface area (Å²) in [6, 6.07) is 7.04. The second-order valence-electron chi connectivity index (χ2n) is 11.3. The predicted octanol–water partition coefficient (Wildman–Crippen LogP) is 9.19. The van der Waals surface area contributed by atoms with E-state index in [9.17, 15) is 35.8 Å². The van der Waals surface area contributed by atoms with E-state index in [-0.39, 0.29) is 37.8 Å². The minimum Gasteiger partial charge on any atom is -0.432 e. The molecule has 248 valence electrons. The van der Waals surface area contributed by atoms with Gasteiger partial charge in [0.2, 0.25) is 0 Å². The van der Waals surface area contributed by atoms with Gasteiger partial charge in [-0.3, -0.25) is 0 Å². The standard InChI is InChI=1S/C33H37F7O5/c1-2-3-4-5-6-7-8-21-19-42-31(43-20-21)23-11-9-22(10-12-23)30(41)44-25-15-13-24(14-16-25)33(39,40)45-26-17-27(34)29(28(35)18-26)32(36,37)38/h2,5-6,9-12,17-18,21,24-25,30-31,41H,1,3-4,7-8,13-16,19-20H2/b6-5+. The molecule has 0 bridgehead atoms. The highest BCUT2D eigenvalue weighted by Crippen LogP contribution is 2.41. The summed E-state index contributed by atoms with van der Waals surface area (Å²) in [5, 5.41) is 10.6. The van der Waals surface area contributed by atoms with Crippen LogP contribution in [0.15, 0.2) is 61.2 Å². The van der Waals surface area contributed by atoms with Crippen LogP contribution >= 0.6 is 0 Å². The topological polar surface area (TPSA) is 57.2 Å². The Balaban J connectivity index is 1.21. The fourth-order valence-corrected chi connectivity index (χ4v) is 5.42. The van der Waals surface area contributed by atoms with E-state index < -0.39 is 59.8 Å². The number of aliphatic hydroxyl groups excluding tert-OH is 1. The molecule has 12 heteroatoms. The second-order valence-corrected chi connectivity index (χ2v) is 11.3. The van der Waals surface area contributed by atoms with Crippen LogP contribution in [0.1, 0.15) is 80.6 Å². The second kappa shape index (κ2) is 15.6. The van der Waals surface area contributed by atoms with Crippen LogP contribution in [0.3, 0.4) is 0 Å². The van der Waals surface area contributed by atoms with Crippen molar-refractivity contribution in [2.75, 3.05) is 13.2 Å². The lowest BCUT2D eigenvalue weighted by Crippen LogP contribution is -2.38. The highest BCUT2D eigenvalue weighted by molar-refractivity contribution is 5.32. The molecule has 2 aromatic carbocycles. The molecule has 1 saturated carbocycles. The molecule has 4 rings (SSSR count). The van der Waals surface area contributed by atoms with Gasteiger partial charge in [0, 0.05) is 29.2 Å². The van der Waals surface area contributed by atoms with Crippen molar-refractivity contribution in [3.8, 4) is 5.75 Å². The molecule has 1 saturated heterocycles. The Bertz CT molecular complexity index is 1240. The monoisotopic (exact) mass is 646 g/mol. The number of unbranched alkanes of at least 4 members (excludes halogenated alkanes) is 1. The van der Waals surface area contributed by atoms with E-state index in [0.717, 1.165) is 31.2 Å². The Labute approximate surface area is 257 Å². The van der Waals surface area contributed by atoms with Crippen LogP contribution in [-0.2, 0) is 20.4 Å². The van der Waals surface area contributed by atoms with Gasteiger partial charge in [-0.25, -0.2) is 8.78 Å². The van der Waals surface area contributed by atoms with E-state index in [0.29, 0.717) is 24.7 Å². The lowest BCUT2D eigenvalue weighted by molar-refractivity contribution is -0.231. The minimum atomic E-state index is -5.33. The Kier molecular flexibility index (Phi) is 12.1. The third-order valence-electron chi connectivity index (χ3n) is 7.93. The predicted molar refractivity (Wildman–Crippen MR) is 151 cm³/mol. The number of benzene rings is 2. The van der Waals surface area contributed by atoms with Gasteiger partial charge in [-0.1, -0.05) is 42.5 Å². The van der Waals surface area contributed by atoms with Crippen LogP contribution in [0.4, 0.5) is 30.7 Å². The first-order valence-corrected chi connectivity index (χ1v) is 14.9. The Morgan fingerprint density at radius 2 is 1.49 bits per heavy atom. The molecule has 1 aliphatic carbocycles. The fourth-order valence-electron chi connectivity index (χ4n) is 5.42. The highest BCUT2D eigenvalue weighted by Gasteiger charge is 2.45. The number of halogens is 7. The van der Waals surface area contributed by atoms with Gasteiger partial charge in [0.15, 0.2) is 12.6 Å². The van der Waals surface area contributed by atoms with E-state index in [1.807, 2.05) is 6.08 Å². The van der Waals surface area contributed by atoms with Gasteiger partial charge < -0.3 is 24.1 Å². The summed E-state index contributed by atoms with van der Waals surface area (Å²) in [6.07, 6.45) is -1.51. The minimum absolute atomic E-state index is 0.0895. The van der Waals surface area contributed by atoms with Gasteiger partial charge in [0.1, 0.15) is 22.9 Å². The molecule has 2 aliphatic rings. The Hall–Kier alpha value is -2.93. The molecule has 1 atom stereocenters. The Morgan fingerprint density at radius 3 is 2.07 bits per heavy atom. The molecule has 1 N–H and O–H groups in total. The van der Waals surface area contributed by atoms with Gasteiger partial charge in [-0.05, 0) is 51.4 Å². The van der Waals surface area contributed by atoms with Crippen LogP contribution in [0.2, 0.25) is 0 Å². The molecule has 2 fully saturated rings. The molecule has 0 amide bonds. The van der Waals surface area contributed by atoms with E-state index in [4.69, 9.17) is 14.2 Å². The zero-order chi connectivity index (χ0) is 32.6. The van der Waals surface area contributed by atoms with Gasteiger partial charge in [0.25, 0.3) is 0 Å². The maximum absolute atomic E-state index is 14.8. The van der Waals surface area contributed by atoms with Crippen molar-refractivity contribution in [2.45, 2.75) is 82.3 Å². The molecule has 0 spiro atoms. The third-order valence-corrected chi connectivity index (χ3v) is 7.93. The zero-order valence-electron chi connectivity index (χ0n) is 24.6. The lowest BCUT2D eigenvalue weighted by Gasteiger charge is -2.34. The summed E-state index contributed by atoms with van der Waals surface area (Å²) >= 11 is 0. The van der Waals surface area contributed by atoms with Crippen LogP contribution in [0.5, 0.6) is 5.75 Å². The number of aliphatic hydroxyl groups is 1. The summed E-state index contributed by atoms with van der Waals surface area (Å²) in [4.78, 5) is 0. The Morgan fingerprint density at radius 1 is 0.889 bits per heavy atom. The summed E-state index contributed by atoms with van der Waals surface area (Å²) in [5.74, 6) is -6.22.